The van der Waals surface area contributed by atoms with E-state index in [1.54, 1.807) is 6.92 Å². The van der Waals surface area contributed by atoms with Gasteiger partial charge in [-0.05, 0) is 13.3 Å². The smallest absolute Gasteiger partial charge is 0.318 e. The first kappa shape index (κ1) is 13.3. The van der Waals surface area contributed by atoms with Crippen LogP contribution >= 0.6 is 0 Å². The molecule has 0 fully saturated rings. The van der Waals surface area contributed by atoms with Crippen molar-refractivity contribution in [2.75, 3.05) is 0 Å². The van der Waals surface area contributed by atoms with Crippen LogP contribution in [0.25, 0.3) is 0 Å². The standard InChI is InChI=1S/C9H14N2O4/c1-5-9(11-15-8(4)13)6(2)10-14-7(3)12/h5H2,1-4H3. The molecule has 0 saturated heterocycles. The molecule has 0 aromatic heterocycles. The summed E-state index contributed by atoms with van der Waals surface area (Å²) in [6.07, 6.45) is 0.518. The largest absolute Gasteiger partial charge is 0.331 e. The van der Waals surface area contributed by atoms with Crippen molar-refractivity contribution in [3.8, 4) is 0 Å². The molecule has 15 heavy (non-hydrogen) atoms. The third-order valence-corrected chi connectivity index (χ3v) is 1.35. The SMILES string of the molecule is CCC(=NOC(C)=O)C(C)=NOC(C)=O. The molecule has 84 valence electrons. The van der Waals surface area contributed by atoms with Gasteiger partial charge in [0.25, 0.3) is 0 Å². The maximum absolute atomic E-state index is 10.5. The molecule has 0 rings (SSSR count). The van der Waals surface area contributed by atoms with Gasteiger partial charge in [0.15, 0.2) is 0 Å². The van der Waals surface area contributed by atoms with E-state index in [1.165, 1.54) is 13.8 Å². The summed E-state index contributed by atoms with van der Waals surface area (Å²) >= 11 is 0. The van der Waals surface area contributed by atoms with Crippen LogP contribution in [0.2, 0.25) is 0 Å². The van der Waals surface area contributed by atoms with Crippen LogP contribution in [0, 0.1) is 0 Å². The minimum absolute atomic E-state index is 0.397. The van der Waals surface area contributed by atoms with Crippen molar-refractivity contribution in [2.24, 2.45) is 10.3 Å². The van der Waals surface area contributed by atoms with E-state index in [0.29, 0.717) is 17.8 Å². The lowest BCUT2D eigenvalue weighted by molar-refractivity contribution is -0.142. The zero-order valence-electron chi connectivity index (χ0n) is 9.23. The Morgan fingerprint density at radius 3 is 1.87 bits per heavy atom. The molecule has 6 heteroatoms. The van der Waals surface area contributed by atoms with E-state index in [1.807, 2.05) is 6.92 Å². The highest BCUT2D eigenvalue weighted by atomic mass is 16.7. The van der Waals surface area contributed by atoms with Crippen LogP contribution in [0.4, 0.5) is 0 Å². The molecule has 0 aliphatic heterocycles. The van der Waals surface area contributed by atoms with Crippen molar-refractivity contribution in [2.45, 2.75) is 34.1 Å². The van der Waals surface area contributed by atoms with Crippen LogP contribution < -0.4 is 0 Å². The Kier molecular flexibility index (Phi) is 5.92. The van der Waals surface area contributed by atoms with Gasteiger partial charge in [0.2, 0.25) is 0 Å². The van der Waals surface area contributed by atoms with Crippen LogP contribution in [0.15, 0.2) is 10.3 Å². The number of oxime groups is 2. The zero-order chi connectivity index (χ0) is 11.8. The first-order chi connectivity index (χ1) is 6.97. The summed E-state index contributed by atoms with van der Waals surface area (Å²) in [5.74, 6) is -1.03. The lowest BCUT2D eigenvalue weighted by Crippen LogP contribution is -2.12. The van der Waals surface area contributed by atoms with Gasteiger partial charge in [-0.1, -0.05) is 17.2 Å². The Bertz CT molecular complexity index is 307. The molecule has 0 aromatic carbocycles. The summed E-state index contributed by atoms with van der Waals surface area (Å²) in [4.78, 5) is 29.8. The lowest BCUT2D eigenvalue weighted by Gasteiger charge is -2.00. The van der Waals surface area contributed by atoms with E-state index < -0.39 is 11.9 Å². The van der Waals surface area contributed by atoms with Crippen molar-refractivity contribution in [3.63, 3.8) is 0 Å². The van der Waals surface area contributed by atoms with E-state index in [0.717, 1.165) is 0 Å². The average molecular weight is 214 g/mol. The lowest BCUT2D eigenvalue weighted by atomic mass is 10.2. The van der Waals surface area contributed by atoms with Crippen LogP contribution in [-0.2, 0) is 19.3 Å². The fraction of sp³-hybridized carbons (Fsp3) is 0.556. The Morgan fingerprint density at radius 1 is 1.00 bits per heavy atom. The third-order valence-electron chi connectivity index (χ3n) is 1.35. The van der Waals surface area contributed by atoms with E-state index >= 15 is 0 Å². The first-order valence-corrected chi connectivity index (χ1v) is 4.44. The Hall–Kier alpha value is -1.72. The van der Waals surface area contributed by atoms with Gasteiger partial charge < -0.3 is 9.68 Å². The molecule has 0 atom stereocenters. The summed E-state index contributed by atoms with van der Waals surface area (Å²) in [7, 11) is 0. The van der Waals surface area contributed by atoms with Crippen molar-refractivity contribution in [1.29, 1.82) is 0 Å². The zero-order valence-corrected chi connectivity index (χ0v) is 9.23. The molecule has 0 aliphatic carbocycles. The monoisotopic (exact) mass is 214 g/mol. The number of nitrogens with zero attached hydrogens (tertiary/aromatic N) is 2. The maximum Gasteiger partial charge on any atom is 0.331 e. The Balaban J connectivity index is 4.51. The fourth-order valence-corrected chi connectivity index (χ4v) is 0.691. The molecule has 0 radical (unpaired) electrons. The predicted molar refractivity (Wildman–Crippen MR) is 54.4 cm³/mol. The van der Waals surface area contributed by atoms with Gasteiger partial charge >= 0.3 is 11.9 Å². The highest BCUT2D eigenvalue weighted by Crippen LogP contribution is 1.94. The second kappa shape index (κ2) is 6.69. The van der Waals surface area contributed by atoms with Gasteiger partial charge in [-0.3, -0.25) is 0 Å². The molecule has 0 N–H and O–H groups in total. The first-order valence-electron chi connectivity index (χ1n) is 4.44. The minimum atomic E-state index is -0.516. The average Bonchev–Trinajstić information content (AvgIpc) is 2.15. The summed E-state index contributed by atoms with van der Waals surface area (Å²) in [6, 6.07) is 0. The number of carbonyl (C=O) groups excluding carboxylic acids is 2. The van der Waals surface area contributed by atoms with E-state index in [2.05, 4.69) is 20.0 Å². The second-order valence-electron chi connectivity index (χ2n) is 2.73. The molecule has 0 heterocycles. The molecular weight excluding hydrogens is 200 g/mol. The molecule has 0 unspecified atom stereocenters. The molecule has 0 aliphatic rings. The summed E-state index contributed by atoms with van der Waals surface area (Å²) in [6.45, 7) is 5.91. The predicted octanol–water partition coefficient (Wildman–Crippen LogP) is 1.25. The van der Waals surface area contributed by atoms with Gasteiger partial charge in [-0.15, -0.1) is 0 Å². The van der Waals surface area contributed by atoms with Gasteiger partial charge in [-0.2, -0.15) is 0 Å². The maximum atomic E-state index is 10.5. The van der Waals surface area contributed by atoms with Gasteiger partial charge in [0, 0.05) is 13.8 Å². The molecule has 0 amide bonds. The fourth-order valence-electron chi connectivity index (χ4n) is 0.691. The molecular formula is C9H14N2O4. The van der Waals surface area contributed by atoms with Gasteiger partial charge in [0.1, 0.15) is 11.4 Å². The molecule has 0 bridgehead atoms. The van der Waals surface area contributed by atoms with Crippen molar-refractivity contribution in [1.82, 2.24) is 0 Å². The normalized spacial score (nSPS) is 12.3. The van der Waals surface area contributed by atoms with Crippen molar-refractivity contribution >= 4 is 23.4 Å². The van der Waals surface area contributed by atoms with Crippen molar-refractivity contribution in [3.05, 3.63) is 0 Å². The molecule has 0 spiro atoms. The second-order valence-corrected chi connectivity index (χ2v) is 2.73. The molecule has 0 saturated carbocycles. The highest BCUT2D eigenvalue weighted by Gasteiger charge is 2.04. The van der Waals surface area contributed by atoms with Crippen LogP contribution in [0.3, 0.4) is 0 Å². The number of hydrogen-bond donors (Lipinski definition) is 0. The van der Waals surface area contributed by atoms with E-state index in [4.69, 9.17) is 0 Å². The Morgan fingerprint density at radius 2 is 1.47 bits per heavy atom. The topological polar surface area (TPSA) is 77.3 Å². The quantitative estimate of drug-likeness (QED) is 0.401. The van der Waals surface area contributed by atoms with Crippen LogP contribution in [0.5, 0.6) is 0 Å². The highest BCUT2D eigenvalue weighted by molar-refractivity contribution is 6.41. The number of rotatable bonds is 4. The van der Waals surface area contributed by atoms with Gasteiger partial charge in [-0.25, -0.2) is 9.59 Å². The van der Waals surface area contributed by atoms with Crippen molar-refractivity contribution < 1.29 is 19.3 Å². The minimum Gasteiger partial charge on any atom is -0.318 e. The molecule has 6 nitrogen and oxygen atoms in total. The van der Waals surface area contributed by atoms with Crippen LogP contribution in [0.1, 0.15) is 34.1 Å². The summed E-state index contributed by atoms with van der Waals surface area (Å²) in [5.41, 5.74) is 0.848. The Labute approximate surface area is 87.9 Å². The number of hydrogen-bond acceptors (Lipinski definition) is 6. The van der Waals surface area contributed by atoms with E-state index in [9.17, 15) is 9.59 Å². The van der Waals surface area contributed by atoms with Gasteiger partial charge in [0.05, 0.1) is 0 Å². The molecule has 0 aromatic rings. The number of carbonyl (C=O) groups is 2. The summed E-state index contributed by atoms with van der Waals surface area (Å²) in [5, 5.41) is 7.08. The van der Waals surface area contributed by atoms with Crippen LogP contribution in [-0.4, -0.2) is 23.4 Å². The third kappa shape index (κ3) is 6.36. The van der Waals surface area contributed by atoms with E-state index in [-0.39, 0.29) is 0 Å². The summed E-state index contributed by atoms with van der Waals surface area (Å²) < 4.78 is 0.